The Morgan fingerprint density at radius 1 is 1.24 bits per heavy atom. The zero-order valence-corrected chi connectivity index (χ0v) is 11.1. The van der Waals surface area contributed by atoms with Gasteiger partial charge in [-0.15, -0.1) is 13.2 Å². The molecule has 6 heteroatoms. The average molecular weight is 301 g/mol. The third kappa shape index (κ3) is 2.69. The summed E-state index contributed by atoms with van der Waals surface area (Å²) in [6.45, 7) is 1.74. The number of fused-ring (bicyclic) bond motifs is 1. The fourth-order valence-electron chi connectivity index (χ4n) is 1.70. The van der Waals surface area contributed by atoms with Crippen molar-refractivity contribution >= 4 is 32.2 Å². The Hall–Kier alpha value is -0.450. The number of aryl methyl sites for hydroxylation is 1. The molecule has 0 N–H and O–H groups in total. The van der Waals surface area contributed by atoms with Crippen LogP contribution in [0.1, 0.15) is 11.8 Å². The van der Waals surface area contributed by atoms with Gasteiger partial charge < -0.3 is 12.4 Å². The zero-order chi connectivity index (χ0) is 11.9. The van der Waals surface area contributed by atoms with E-state index in [2.05, 4.69) is 0 Å². The predicted molar refractivity (Wildman–Crippen MR) is 62.1 cm³/mol. The van der Waals surface area contributed by atoms with Crippen LogP contribution in [0, 0.1) is 0 Å². The maximum Gasteiger partial charge on any atom is 0.600 e. The Bertz CT molecular complexity index is 531. The van der Waals surface area contributed by atoms with Gasteiger partial charge in [-0.05, 0) is 12.1 Å². The van der Waals surface area contributed by atoms with E-state index in [1.165, 1.54) is 6.07 Å². The van der Waals surface area contributed by atoms with Gasteiger partial charge in [0.2, 0.25) is 0 Å². The molecule has 2 rings (SSSR count). The highest BCUT2D eigenvalue weighted by Crippen LogP contribution is 2.51. The standard InChI is InChI=1S/C11H9ClF3S.ClH/c1-2-9-5-7-3-4-8(12)6-10(7)16(9)11(13,14)15;/h3-6H,2H2,1H3;1H/q+1;/p-1. The first kappa shape index (κ1) is 14.6. The second-order valence-electron chi connectivity index (χ2n) is 3.40. The minimum absolute atomic E-state index is 0. The highest BCUT2D eigenvalue weighted by molar-refractivity contribution is 7.38. The van der Waals surface area contributed by atoms with Crippen LogP contribution < -0.4 is 12.4 Å². The third-order valence-corrected chi connectivity index (χ3v) is 4.78. The van der Waals surface area contributed by atoms with E-state index in [4.69, 9.17) is 11.6 Å². The maximum atomic E-state index is 12.9. The molecule has 1 atom stereocenters. The summed E-state index contributed by atoms with van der Waals surface area (Å²) in [6, 6.07) is 6.31. The molecule has 0 nitrogen and oxygen atoms in total. The summed E-state index contributed by atoms with van der Waals surface area (Å²) in [4.78, 5) is 0.435. The van der Waals surface area contributed by atoms with Gasteiger partial charge in [0.25, 0.3) is 0 Å². The lowest BCUT2D eigenvalue weighted by Crippen LogP contribution is -3.00. The Kier molecular flexibility index (Phi) is 4.33. The second kappa shape index (κ2) is 5.04. The molecule has 0 fully saturated rings. The summed E-state index contributed by atoms with van der Waals surface area (Å²) in [5.74, 6) is 0. The molecule has 0 aliphatic rings. The highest BCUT2D eigenvalue weighted by atomic mass is 35.5. The van der Waals surface area contributed by atoms with Gasteiger partial charge in [-0.25, -0.2) is 0 Å². The smallest absolute Gasteiger partial charge is 0.600 e. The van der Waals surface area contributed by atoms with Gasteiger partial charge in [0, 0.05) is 29.0 Å². The number of hydrogen-bond acceptors (Lipinski definition) is 0. The molecule has 0 amide bonds. The zero-order valence-electron chi connectivity index (χ0n) is 8.81. The number of benzene rings is 1. The summed E-state index contributed by atoms with van der Waals surface area (Å²) in [7, 11) is -1.79. The molecular formula is C11H9Cl2F3S. The molecule has 0 radical (unpaired) electrons. The van der Waals surface area contributed by atoms with E-state index < -0.39 is 16.0 Å². The predicted octanol–water partition coefficient (Wildman–Crippen LogP) is 2.29. The Labute approximate surface area is 111 Å². The van der Waals surface area contributed by atoms with Crippen molar-refractivity contribution in [1.82, 2.24) is 0 Å². The topological polar surface area (TPSA) is 0 Å². The highest BCUT2D eigenvalue weighted by Gasteiger charge is 2.47. The van der Waals surface area contributed by atoms with Crippen LogP contribution in [-0.2, 0) is 11.9 Å². The molecule has 0 bridgehead atoms. The summed E-state index contributed by atoms with van der Waals surface area (Å²) in [5.41, 5.74) is -4.21. The lowest BCUT2D eigenvalue weighted by molar-refractivity contribution is -0.0867. The van der Waals surface area contributed by atoms with Crippen molar-refractivity contribution in [2.45, 2.75) is 18.9 Å². The Balaban J connectivity index is 0.00000144. The van der Waals surface area contributed by atoms with E-state index in [0.717, 1.165) is 0 Å². The van der Waals surface area contributed by atoms with E-state index >= 15 is 0 Å². The largest absolute Gasteiger partial charge is 1.00 e. The van der Waals surface area contributed by atoms with Crippen LogP contribution in [0.3, 0.4) is 0 Å². The van der Waals surface area contributed by atoms with Gasteiger partial charge in [-0.1, -0.05) is 18.5 Å². The van der Waals surface area contributed by atoms with E-state index in [9.17, 15) is 13.2 Å². The normalized spacial score (nSPS) is 12.6. The number of alkyl halides is 3. The SMILES string of the molecule is CCc1cc2ccc(Cl)cc2[s+]1C(F)(F)F.[Cl-]. The molecular weight excluding hydrogens is 292 g/mol. The summed E-state index contributed by atoms with van der Waals surface area (Å²) < 4.78 is 39.1. The van der Waals surface area contributed by atoms with Crippen LogP contribution in [0.2, 0.25) is 5.02 Å². The van der Waals surface area contributed by atoms with Crippen molar-refractivity contribution in [3.63, 3.8) is 0 Å². The summed E-state index contributed by atoms with van der Waals surface area (Å²) in [6.07, 6.45) is 0.412. The Morgan fingerprint density at radius 3 is 2.41 bits per heavy atom. The first-order valence-corrected chi connectivity index (χ1v) is 6.35. The molecule has 1 aromatic carbocycles. The molecule has 0 spiro atoms. The van der Waals surface area contributed by atoms with Gasteiger partial charge in [-0.2, -0.15) is 0 Å². The monoisotopic (exact) mass is 300 g/mol. The van der Waals surface area contributed by atoms with Gasteiger partial charge in [0.1, 0.15) is 0 Å². The first-order chi connectivity index (χ1) is 7.43. The van der Waals surface area contributed by atoms with Crippen LogP contribution in [0.25, 0.3) is 10.1 Å². The molecule has 0 saturated heterocycles. The number of thiophene rings is 1. The van der Waals surface area contributed by atoms with E-state index in [0.29, 0.717) is 26.4 Å². The van der Waals surface area contributed by atoms with Crippen LogP contribution >= 0.6 is 22.1 Å². The molecule has 0 saturated carbocycles. The fourth-order valence-corrected chi connectivity index (χ4v) is 3.90. The average Bonchev–Trinajstić information content (AvgIpc) is 2.54. The molecule has 1 heterocycles. The maximum absolute atomic E-state index is 12.9. The number of rotatable bonds is 1. The van der Waals surface area contributed by atoms with Crippen molar-refractivity contribution in [3.8, 4) is 0 Å². The van der Waals surface area contributed by atoms with Gasteiger partial charge in [0.05, 0.1) is 10.5 Å². The quantitative estimate of drug-likeness (QED) is 0.709. The lowest BCUT2D eigenvalue weighted by Gasteiger charge is -1.98. The fraction of sp³-hybridized carbons (Fsp3) is 0.273. The lowest BCUT2D eigenvalue weighted by atomic mass is 10.2. The van der Waals surface area contributed by atoms with Gasteiger partial charge >= 0.3 is 5.51 Å². The number of hydrogen-bond donors (Lipinski definition) is 0. The van der Waals surface area contributed by atoms with E-state index in [1.54, 1.807) is 25.1 Å². The van der Waals surface area contributed by atoms with Crippen LogP contribution in [0.5, 0.6) is 0 Å². The van der Waals surface area contributed by atoms with E-state index in [-0.39, 0.29) is 12.4 Å². The van der Waals surface area contributed by atoms with Crippen molar-refractivity contribution in [1.29, 1.82) is 0 Å². The van der Waals surface area contributed by atoms with Crippen LogP contribution in [0.4, 0.5) is 13.2 Å². The molecule has 0 aliphatic heterocycles. The van der Waals surface area contributed by atoms with Crippen molar-refractivity contribution in [2.24, 2.45) is 0 Å². The molecule has 1 unspecified atom stereocenters. The van der Waals surface area contributed by atoms with Crippen LogP contribution in [0.15, 0.2) is 24.3 Å². The van der Waals surface area contributed by atoms with Crippen molar-refractivity contribution in [3.05, 3.63) is 34.2 Å². The molecule has 94 valence electrons. The molecule has 17 heavy (non-hydrogen) atoms. The second-order valence-corrected chi connectivity index (χ2v) is 5.87. The third-order valence-electron chi connectivity index (χ3n) is 2.35. The molecule has 0 aliphatic carbocycles. The number of halogens is 5. The van der Waals surface area contributed by atoms with Gasteiger partial charge in [-0.3, -0.25) is 0 Å². The molecule has 2 aromatic rings. The van der Waals surface area contributed by atoms with E-state index in [1.807, 2.05) is 0 Å². The first-order valence-electron chi connectivity index (χ1n) is 4.74. The minimum atomic E-state index is -4.21. The Morgan fingerprint density at radius 2 is 1.88 bits per heavy atom. The summed E-state index contributed by atoms with van der Waals surface area (Å²) in [5, 5.41) is 0.994. The van der Waals surface area contributed by atoms with Crippen molar-refractivity contribution in [2.75, 3.05) is 0 Å². The minimum Gasteiger partial charge on any atom is -1.00 e. The van der Waals surface area contributed by atoms with Crippen molar-refractivity contribution < 1.29 is 25.6 Å². The van der Waals surface area contributed by atoms with Crippen LogP contribution in [-0.4, -0.2) is 0 Å². The van der Waals surface area contributed by atoms with Gasteiger partial charge in [0.15, 0.2) is 9.58 Å². The summed E-state index contributed by atoms with van der Waals surface area (Å²) >= 11 is 5.74. The molecule has 1 aromatic heterocycles.